The van der Waals surface area contributed by atoms with E-state index >= 15 is 0 Å². The van der Waals surface area contributed by atoms with Crippen molar-refractivity contribution < 1.29 is 24.3 Å². The molecule has 0 spiro atoms. The zero-order chi connectivity index (χ0) is 27.2. The van der Waals surface area contributed by atoms with Crippen LogP contribution < -0.4 is 5.32 Å². The van der Waals surface area contributed by atoms with E-state index in [4.69, 9.17) is 18.0 Å². The number of aliphatic carboxylic acids is 1. The number of hydrogen-bond acceptors (Lipinski definition) is 5. The van der Waals surface area contributed by atoms with Crippen molar-refractivity contribution in [2.24, 2.45) is 11.8 Å². The van der Waals surface area contributed by atoms with E-state index in [1.54, 1.807) is 23.1 Å². The molecule has 0 saturated carbocycles. The number of likely N-dealkylation sites (tertiary alicyclic amines) is 1. The number of urea groups is 1. The minimum Gasteiger partial charge on any atom is -0.481 e. The van der Waals surface area contributed by atoms with Gasteiger partial charge in [-0.15, -0.1) is 6.42 Å². The van der Waals surface area contributed by atoms with E-state index in [-0.39, 0.29) is 57.3 Å². The molecule has 3 atom stereocenters. The number of piperidine rings is 1. The lowest BCUT2D eigenvalue weighted by molar-refractivity contribution is -0.168. The lowest BCUT2D eigenvalue weighted by Gasteiger charge is -2.52. The highest BCUT2D eigenvalue weighted by Gasteiger charge is 2.53. The summed E-state index contributed by atoms with van der Waals surface area (Å²) < 4.78 is 0. The predicted octanol–water partition coefficient (Wildman–Crippen LogP) is 2.79. The maximum Gasteiger partial charge on any atom is 0.332 e. The molecule has 0 aliphatic carbocycles. The monoisotopic (exact) mass is 536 g/mol. The summed E-state index contributed by atoms with van der Waals surface area (Å²) in [5.74, 6) is -0.854. The third-order valence-corrected chi connectivity index (χ3v) is 7.34. The Morgan fingerprint density at radius 1 is 1.11 bits per heavy atom. The van der Waals surface area contributed by atoms with Gasteiger partial charge in [0.2, 0.25) is 5.91 Å². The van der Waals surface area contributed by atoms with Gasteiger partial charge in [0.05, 0.1) is 31.0 Å². The molecular weight excluding hydrogens is 508 g/mol. The van der Waals surface area contributed by atoms with Crippen LogP contribution >= 0.6 is 11.6 Å². The minimum absolute atomic E-state index is 0.0191. The zero-order valence-electron chi connectivity index (χ0n) is 20.8. The third-order valence-electron chi connectivity index (χ3n) is 6.97. The molecule has 0 radical (unpaired) electrons. The van der Waals surface area contributed by atoms with Gasteiger partial charge in [0.15, 0.2) is 5.78 Å². The van der Waals surface area contributed by atoms with Crippen molar-refractivity contribution >= 4 is 35.3 Å². The Hall–Kier alpha value is -3.87. The molecule has 9 nitrogen and oxygen atoms in total. The van der Waals surface area contributed by atoms with Gasteiger partial charge in [0, 0.05) is 31.1 Å². The van der Waals surface area contributed by atoms with Crippen LogP contribution in [0.2, 0.25) is 5.02 Å². The molecule has 1 unspecified atom stereocenters. The Labute approximate surface area is 226 Å². The Morgan fingerprint density at radius 3 is 2.50 bits per heavy atom. The van der Waals surface area contributed by atoms with Gasteiger partial charge in [-0.3, -0.25) is 19.4 Å². The van der Waals surface area contributed by atoms with Crippen LogP contribution in [-0.2, 0) is 27.5 Å². The molecular formula is C28H29ClN4O5. The highest BCUT2D eigenvalue weighted by atomic mass is 35.5. The van der Waals surface area contributed by atoms with Crippen molar-refractivity contribution in [3.63, 3.8) is 0 Å². The number of carboxylic acid groups (broad SMARTS) is 1. The Balaban J connectivity index is 1.67. The summed E-state index contributed by atoms with van der Waals surface area (Å²) >= 11 is 6.36. The van der Waals surface area contributed by atoms with Crippen molar-refractivity contribution in [2.45, 2.75) is 32.0 Å². The summed E-state index contributed by atoms with van der Waals surface area (Å²) in [6.07, 6.45) is 5.28. The fraction of sp³-hybridized carbons (Fsp3) is 0.357. The normalized spacial score (nSPS) is 21.5. The second-order valence-corrected chi connectivity index (χ2v) is 9.83. The molecule has 198 valence electrons. The van der Waals surface area contributed by atoms with Crippen molar-refractivity contribution in [1.29, 1.82) is 0 Å². The summed E-state index contributed by atoms with van der Waals surface area (Å²) in [6.45, 7) is 0.367. The maximum atomic E-state index is 13.6. The molecule has 2 aromatic carbocycles. The summed E-state index contributed by atoms with van der Waals surface area (Å²) in [7, 11) is 0. The van der Waals surface area contributed by atoms with Crippen LogP contribution in [-0.4, -0.2) is 69.4 Å². The summed E-state index contributed by atoms with van der Waals surface area (Å²) in [5, 5.41) is 15.7. The number of nitrogens with one attached hydrogen (secondary N) is 1. The first kappa shape index (κ1) is 27.2. The highest BCUT2D eigenvalue weighted by molar-refractivity contribution is 6.31. The number of fused-ring (bicyclic) bond motifs is 1. The fourth-order valence-corrected chi connectivity index (χ4v) is 5.45. The average molecular weight is 537 g/mol. The molecule has 2 aliphatic rings. The Kier molecular flexibility index (Phi) is 8.66. The number of Topliss-reactive ketones (excluding diaryl/α,β-unsaturated/α-hetero) is 1. The molecule has 2 N–H and O–H groups in total. The number of ketones is 1. The van der Waals surface area contributed by atoms with E-state index in [0.717, 1.165) is 5.56 Å². The number of nitrogens with zero attached hydrogens (tertiary/aromatic N) is 3. The summed E-state index contributed by atoms with van der Waals surface area (Å²) in [4.78, 5) is 53.5. The predicted molar refractivity (Wildman–Crippen MR) is 140 cm³/mol. The van der Waals surface area contributed by atoms with Crippen LogP contribution in [0.25, 0.3) is 0 Å². The maximum absolute atomic E-state index is 13.6. The average Bonchev–Trinajstić information content (AvgIpc) is 2.89. The Morgan fingerprint density at radius 2 is 1.82 bits per heavy atom. The first-order chi connectivity index (χ1) is 18.3. The first-order valence-corrected chi connectivity index (χ1v) is 12.7. The lowest BCUT2D eigenvalue weighted by Crippen LogP contribution is -2.71. The number of halogens is 1. The third kappa shape index (κ3) is 5.98. The van der Waals surface area contributed by atoms with Gasteiger partial charge in [0.25, 0.3) is 0 Å². The number of carboxylic acids is 1. The van der Waals surface area contributed by atoms with Crippen LogP contribution in [0.5, 0.6) is 0 Å². The van der Waals surface area contributed by atoms with Gasteiger partial charge < -0.3 is 15.3 Å². The largest absolute Gasteiger partial charge is 0.481 e. The minimum atomic E-state index is -1.06. The van der Waals surface area contributed by atoms with Crippen molar-refractivity contribution in [3.05, 3.63) is 70.7 Å². The fourth-order valence-electron chi connectivity index (χ4n) is 5.25. The lowest BCUT2D eigenvalue weighted by atomic mass is 9.74. The van der Waals surface area contributed by atoms with E-state index in [9.17, 15) is 24.3 Å². The molecule has 2 aliphatic heterocycles. The standard InChI is InChI=1S/C28H29ClN4O5/c1-2-14-32-18-24(34)26-21(12-13-25(35)36)27(37)31(16-20-10-6-7-11-22(20)29)17-23(26)33(32)28(38)30-15-19-8-4-3-5-9-19/h1,3-11,21,23,26H,12-18H2,(H,30,38)(H,35,36)/t21-,23+,26?/m1/s1. The molecule has 0 bridgehead atoms. The molecule has 2 aromatic rings. The van der Waals surface area contributed by atoms with E-state index < -0.39 is 29.9 Å². The quantitative estimate of drug-likeness (QED) is 0.502. The molecule has 38 heavy (non-hydrogen) atoms. The van der Waals surface area contributed by atoms with Crippen LogP contribution in [0.3, 0.4) is 0 Å². The second-order valence-electron chi connectivity index (χ2n) is 9.42. The number of terminal acetylenes is 1. The number of amides is 3. The molecule has 2 fully saturated rings. The number of carbonyl (C=O) groups excluding carboxylic acids is 3. The van der Waals surface area contributed by atoms with Gasteiger partial charge >= 0.3 is 12.0 Å². The smallest absolute Gasteiger partial charge is 0.332 e. The number of hydrazine groups is 1. The van der Waals surface area contributed by atoms with E-state index in [0.29, 0.717) is 10.6 Å². The highest BCUT2D eigenvalue weighted by Crippen LogP contribution is 2.37. The SMILES string of the molecule is C#CCN1CC(=O)C2[C@@H](CCC(=O)O)C(=O)N(Cc3ccccc3Cl)C[C@@H]2N1C(=O)NCc1ccccc1. The van der Waals surface area contributed by atoms with Crippen molar-refractivity contribution in [1.82, 2.24) is 20.2 Å². The van der Waals surface area contributed by atoms with Gasteiger partial charge in [-0.05, 0) is 23.6 Å². The first-order valence-electron chi connectivity index (χ1n) is 12.4. The van der Waals surface area contributed by atoms with Gasteiger partial charge in [-0.1, -0.05) is 66.1 Å². The second kappa shape index (κ2) is 12.1. The molecule has 10 heteroatoms. The van der Waals surface area contributed by atoms with Gasteiger partial charge in [-0.2, -0.15) is 5.01 Å². The molecule has 2 heterocycles. The molecule has 2 saturated heterocycles. The number of rotatable bonds is 8. The number of benzene rings is 2. The van der Waals surface area contributed by atoms with Crippen molar-refractivity contribution in [3.8, 4) is 12.3 Å². The Bertz CT molecular complexity index is 1250. The van der Waals surface area contributed by atoms with E-state index in [1.165, 1.54) is 10.0 Å². The summed E-state index contributed by atoms with van der Waals surface area (Å²) in [5.41, 5.74) is 1.60. The van der Waals surface area contributed by atoms with E-state index in [1.807, 2.05) is 36.4 Å². The van der Waals surface area contributed by atoms with Crippen LogP contribution in [0.15, 0.2) is 54.6 Å². The molecule has 0 aromatic heterocycles. The zero-order valence-corrected chi connectivity index (χ0v) is 21.5. The topological polar surface area (TPSA) is 110 Å². The van der Waals surface area contributed by atoms with Crippen molar-refractivity contribution in [2.75, 3.05) is 19.6 Å². The van der Waals surface area contributed by atoms with Crippen LogP contribution in [0, 0.1) is 24.2 Å². The van der Waals surface area contributed by atoms with Gasteiger partial charge in [0.1, 0.15) is 0 Å². The summed E-state index contributed by atoms with van der Waals surface area (Å²) in [6, 6.07) is 15.3. The molecule has 4 rings (SSSR count). The number of hydrogen-bond donors (Lipinski definition) is 2. The van der Waals surface area contributed by atoms with Crippen LogP contribution in [0.1, 0.15) is 24.0 Å². The van der Waals surface area contributed by atoms with E-state index in [2.05, 4.69) is 11.2 Å². The van der Waals surface area contributed by atoms with Crippen LogP contribution in [0.4, 0.5) is 4.79 Å². The molecule has 3 amide bonds. The van der Waals surface area contributed by atoms with Gasteiger partial charge in [-0.25, -0.2) is 4.79 Å². The number of carbonyl (C=O) groups is 4.